The fourth-order valence-electron chi connectivity index (χ4n) is 2.77. The molecule has 0 aliphatic heterocycles. The molecule has 29 heavy (non-hydrogen) atoms. The molecule has 1 heterocycles. The summed E-state index contributed by atoms with van der Waals surface area (Å²) >= 11 is 0. The van der Waals surface area contributed by atoms with Gasteiger partial charge in [-0.05, 0) is 57.2 Å². The Morgan fingerprint density at radius 3 is 2.55 bits per heavy atom. The average molecular weight is 403 g/mol. The molecule has 152 valence electrons. The van der Waals surface area contributed by atoms with E-state index in [4.69, 9.17) is 4.74 Å². The zero-order chi connectivity index (χ0) is 21.2. The summed E-state index contributed by atoms with van der Waals surface area (Å²) < 4.78 is 44.0. The minimum Gasteiger partial charge on any atom is -0.481 e. The van der Waals surface area contributed by atoms with Crippen LogP contribution in [-0.4, -0.2) is 22.2 Å². The largest absolute Gasteiger partial charge is 0.481 e. The Morgan fingerprint density at radius 1 is 1.14 bits per heavy atom. The maximum absolute atomic E-state index is 12.8. The maximum Gasteiger partial charge on any atom is 0.416 e. The number of aryl methyl sites for hydroxylation is 2. The number of aromatic nitrogens is 2. The van der Waals surface area contributed by atoms with E-state index in [1.165, 1.54) is 19.1 Å². The minimum absolute atomic E-state index is 0.0328. The summed E-state index contributed by atoms with van der Waals surface area (Å²) in [5, 5.41) is 9.86. The van der Waals surface area contributed by atoms with Crippen molar-refractivity contribution in [3.8, 4) is 17.0 Å². The third-order valence-corrected chi connectivity index (χ3v) is 4.26. The fourth-order valence-corrected chi connectivity index (χ4v) is 2.77. The van der Waals surface area contributed by atoms with E-state index in [9.17, 15) is 18.0 Å². The van der Waals surface area contributed by atoms with E-state index >= 15 is 0 Å². The van der Waals surface area contributed by atoms with Crippen molar-refractivity contribution in [2.24, 2.45) is 0 Å². The summed E-state index contributed by atoms with van der Waals surface area (Å²) in [7, 11) is 0. The Balaban J connectivity index is 1.77. The number of benzene rings is 2. The molecule has 2 aromatic carbocycles. The number of carbonyl (C=O) groups is 1. The molecule has 0 fully saturated rings. The summed E-state index contributed by atoms with van der Waals surface area (Å²) in [6, 6.07) is 11.8. The second kappa shape index (κ2) is 7.98. The number of nitrogens with zero attached hydrogens (tertiary/aromatic N) is 1. The zero-order valence-electron chi connectivity index (χ0n) is 16.1. The number of amides is 1. The van der Waals surface area contributed by atoms with Gasteiger partial charge in [-0.3, -0.25) is 9.89 Å². The Kier molecular flexibility index (Phi) is 5.63. The highest BCUT2D eigenvalue weighted by molar-refractivity contribution is 5.97. The van der Waals surface area contributed by atoms with Gasteiger partial charge in [0, 0.05) is 11.3 Å². The van der Waals surface area contributed by atoms with Crippen LogP contribution in [-0.2, 0) is 11.0 Å². The lowest BCUT2D eigenvalue weighted by Crippen LogP contribution is -2.30. The number of alkyl halides is 3. The second-order valence-electron chi connectivity index (χ2n) is 6.76. The first-order chi connectivity index (χ1) is 13.6. The number of anilines is 1. The van der Waals surface area contributed by atoms with Crippen molar-refractivity contribution in [2.75, 3.05) is 5.32 Å². The Hall–Kier alpha value is -3.29. The van der Waals surface area contributed by atoms with Gasteiger partial charge in [-0.2, -0.15) is 18.3 Å². The Bertz CT molecular complexity index is 1030. The molecule has 0 spiro atoms. The molecule has 0 saturated carbocycles. The molecule has 0 bridgehead atoms. The molecule has 3 rings (SSSR count). The Morgan fingerprint density at radius 2 is 1.90 bits per heavy atom. The molecule has 0 aliphatic rings. The van der Waals surface area contributed by atoms with Crippen LogP contribution in [0.1, 0.15) is 23.7 Å². The third-order valence-electron chi connectivity index (χ3n) is 4.26. The monoisotopic (exact) mass is 403 g/mol. The maximum atomic E-state index is 12.8. The molecule has 1 aromatic heterocycles. The van der Waals surface area contributed by atoms with Crippen LogP contribution in [0.2, 0.25) is 0 Å². The number of ether oxygens (including phenoxy) is 1. The van der Waals surface area contributed by atoms with Gasteiger partial charge < -0.3 is 10.1 Å². The number of carbonyl (C=O) groups excluding carboxylic acids is 1. The predicted molar refractivity (Wildman–Crippen MR) is 104 cm³/mol. The van der Waals surface area contributed by atoms with Gasteiger partial charge in [0.15, 0.2) is 6.10 Å². The molecular weight excluding hydrogens is 383 g/mol. The smallest absolute Gasteiger partial charge is 0.416 e. The first kappa shape index (κ1) is 20.4. The number of nitrogens with one attached hydrogen (secondary N) is 2. The highest BCUT2D eigenvalue weighted by Crippen LogP contribution is 2.32. The van der Waals surface area contributed by atoms with Gasteiger partial charge in [-0.15, -0.1) is 0 Å². The van der Waals surface area contributed by atoms with Crippen LogP contribution >= 0.6 is 0 Å². The van der Waals surface area contributed by atoms with Crippen molar-refractivity contribution in [2.45, 2.75) is 33.1 Å². The van der Waals surface area contributed by atoms with E-state index in [-0.39, 0.29) is 5.75 Å². The number of aromatic amines is 1. The third kappa shape index (κ3) is 4.96. The van der Waals surface area contributed by atoms with Gasteiger partial charge in [-0.25, -0.2) is 0 Å². The SMILES string of the molecule is Cc1ccc(NC(=O)[C@H](C)Oc2cccc(C(F)(F)F)c2)c(-c2cc(C)[nH]n2)c1. The van der Waals surface area contributed by atoms with Crippen LogP contribution in [0.15, 0.2) is 48.5 Å². The van der Waals surface area contributed by atoms with Gasteiger partial charge in [-0.1, -0.05) is 17.7 Å². The van der Waals surface area contributed by atoms with Gasteiger partial charge in [0.05, 0.1) is 16.9 Å². The second-order valence-corrected chi connectivity index (χ2v) is 6.76. The standard InChI is InChI=1S/C21H20F3N3O2/c1-12-7-8-18(17(9-12)19-10-13(2)26-27-19)25-20(28)14(3)29-16-6-4-5-15(11-16)21(22,23)24/h4-11,14H,1-3H3,(H,25,28)(H,26,27)/t14-/m0/s1. The van der Waals surface area contributed by atoms with Crippen molar-refractivity contribution in [1.82, 2.24) is 10.2 Å². The zero-order valence-corrected chi connectivity index (χ0v) is 16.1. The van der Waals surface area contributed by atoms with E-state index in [1.807, 2.05) is 32.0 Å². The molecular formula is C21H20F3N3O2. The van der Waals surface area contributed by atoms with Crippen molar-refractivity contribution < 1.29 is 22.7 Å². The lowest BCUT2D eigenvalue weighted by molar-refractivity contribution is -0.137. The predicted octanol–water partition coefficient (Wildman–Crippen LogP) is 5.12. The van der Waals surface area contributed by atoms with Crippen LogP contribution in [0.5, 0.6) is 5.75 Å². The van der Waals surface area contributed by atoms with E-state index in [0.717, 1.165) is 29.0 Å². The topological polar surface area (TPSA) is 67.0 Å². The van der Waals surface area contributed by atoms with Crippen molar-refractivity contribution >= 4 is 11.6 Å². The lowest BCUT2D eigenvalue weighted by Gasteiger charge is -2.17. The summed E-state index contributed by atoms with van der Waals surface area (Å²) in [6.07, 6.45) is -5.49. The first-order valence-corrected chi connectivity index (χ1v) is 8.91. The number of halogens is 3. The van der Waals surface area contributed by atoms with Crippen LogP contribution in [0.25, 0.3) is 11.3 Å². The molecule has 1 amide bonds. The van der Waals surface area contributed by atoms with E-state index in [1.54, 1.807) is 6.07 Å². The highest BCUT2D eigenvalue weighted by Gasteiger charge is 2.31. The van der Waals surface area contributed by atoms with Gasteiger partial charge in [0.25, 0.3) is 5.91 Å². The van der Waals surface area contributed by atoms with Gasteiger partial charge >= 0.3 is 6.18 Å². The molecule has 0 radical (unpaired) electrons. The quantitative estimate of drug-likeness (QED) is 0.622. The van der Waals surface area contributed by atoms with Crippen LogP contribution in [0.3, 0.4) is 0 Å². The molecule has 0 unspecified atom stereocenters. The number of rotatable bonds is 5. The molecule has 3 aromatic rings. The van der Waals surface area contributed by atoms with Gasteiger partial charge in [0.1, 0.15) is 5.75 Å². The summed E-state index contributed by atoms with van der Waals surface area (Å²) in [6.45, 7) is 5.27. The van der Waals surface area contributed by atoms with Crippen LogP contribution < -0.4 is 10.1 Å². The van der Waals surface area contributed by atoms with E-state index in [0.29, 0.717) is 11.4 Å². The minimum atomic E-state index is -4.48. The van der Waals surface area contributed by atoms with E-state index < -0.39 is 23.8 Å². The lowest BCUT2D eigenvalue weighted by atomic mass is 10.1. The van der Waals surface area contributed by atoms with Crippen LogP contribution in [0, 0.1) is 13.8 Å². The van der Waals surface area contributed by atoms with Crippen molar-refractivity contribution in [3.05, 3.63) is 65.4 Å². The molecule has 0 saturated heterocycles. The normalized spacial score (nSPS) is 12.5. The number of hydrogen-bond donors (Lipinski definition) is 2. The summed E-state index contributed by atoms with van der Waals surface area (Å²) in [5.74, 6) is -0.519. The molecule has 2 N–H and O–H groups in total. The summed E-state index contributed by atoms with van der Waals surface area (Å²) in [4.78, 5) is 12.6. The molecule has 0 aliphatic carbocycles. The average Bonchev–Trinajstić information content (AvgIpc) is 3.09. The van der Waals surface area contributed by atoms with Gasteiger partial charge in [0.2, 0.25) is 0 Å². The Labute approximate surface area is 165 Å². The fraction of sp³-hybridized carbons (Fsp3) is 0.238. The first-order valence-electron chi connectivity index (χ1n) is 8.91. The molecule has 1 atom stereocenters. The molecule has 5 nitrogen and oxygen atoms in total. The van der Waals surface area contributed by atoms with Crippen LogP contribution in [0.4, 0.5) is 18.9 Å². The van der Waals surface area contributed by atoms with E-state index in [2.05, 4.69) is 15.5 Å². The number of H-pyrrole nitrogens is 1. The van der Waals surface area contributed by atoms with Crippen molar-refractivity contribution in [3.63, 3.8) is 0 Å². The molecule has 8 heteroatoms. The highest BCUT2D eigenvalue weighted by atomic mass is 19.4. The van der Waals surface area contributed by atoms with Crippen molar-refractivity contribution in [1.29, 1.82) is 0 Å². The number of hydrogen-bond acceptors (Lipinski definition) is 3. The summed E-state index contributed by atoms with van der Waals surface area (Å²) in [5.41, 5.74) is 2.97.